The van der Waals surface area contributed by atoms with Gasteiger partial charge in [0.1, 0.15) is 5.01 Å². The first-order chi connectivity index (χ1) is 8.43. The van der Waals surface area contributed by atoms with Crippen LogP contribution in [0.15, 0.2) is 54.0 Å². The van der Waals surface area contributed by atoms with Crippen LogP contribution < -0.4 is 5.32 Å². The molecule has 0 amide bonds. The summed E-state index contributed by atoms with van der Waals surface area (Å²) in [5.74, 6) is 0. The molecule has 1 aromatic heterocycles. The molecule has 1 N–H and O–H groups in total. The fourth-order valence-electron chi connectivity index (χ4n) is 1.89. The first kappa shape index (κ1) is 10.3. The van der Waals surface area contributed by atoms with Crippen molar-refractivity contribution in [2.45, 2.75) is 6.54 Å². The lowest BCUT2D eigenvalue weighted by Gasteiger charge is -2.08. The van der Waals surface area contributed by atoms with Gasteiger partial charge in [-0.2, -0.15) is 0 Å². The van der Waals surface area contributed by atoms with Gasteiger partial charge < -0.3 is 5.32 Å². The minimum absolute atomic E-state index is 0.783. The molecule has 84 valence electrons. The molecule has 0 aliphatic carbocycles. The zero-order chi connectivity index (χ0) is 11.5. The maximum absolute atomic E-state index is 4.27. The van der Waals surface area contributed by atoms with Crippen LogP contribution in [-0.4, -0.2) is 4.98 Å². The number of hydrogen-bond donors (Lipinski definition) is 1. The van der Waals surface area contributed by atoms with Crippen LogP contribution in [0.3, 0.4) is 0 Å². The second-order valence-electron chi connectivity index (χ2n) is 3.81. The normalized spacial score (nSPS) is 10.6. The molecule has 0 aliphatic rings. The zero-order valence-electron chi connectivity index (χ0n) is 9.26. The van der Waals surface area contributed by atoms with Crippen molar-refractivity contribution in [3.63, 3.8) is 0 Å². The predicted octanol–water partition coefficient (Wildman–Crippen LogP) is 3.91. The molecule has 0 atom stereocenters. The van der Waals surface area contributed by atoms with E-state index in [1.165, 1.54) is 16.5 Å². The molecule has 3 rings (SSSR count). The molecule has 0 saturated heterocycles. The van der Waals surface area contributed by atoms with E-state index in [2.05, 4.69) is 52.8 Å². The molecule has 0 radical (unpaired) electrons. The summed E-state index contributed by atoms with van der Waals surface area (Å²) in [6.07, 6.45) is 1.84. The Kier molecular flexibility index (Phi) is 2.76. The van der Waals surface area contributed by atoms with Crippen LogP contribution in [0.4, 0.5) is 5.69 Å². The van der Waals surface area contributed by atoms with Crippen molar-refractivity contribution in [3.8, 4) is 0 Å². The highest BCUT2D eigenvalue weighted by Crippen LogP contribution is 2.23. The molecule has 0 aliphatic heterocycles. The fourth-order valence-corrected chi connectivity index (χ4v) is 2.45. The van der Waals surface area contributed by atoms with Crippen molar-refractivity contribution in [2.24, 2.45) is 0 Å². The molecule has 0 saturated carbocycles. The van der Waals surface area contributed by atoms with Crippen molar-refractivity contribution in [3.05, 3.63) is 59.0 Å². The first-order valence-electron chi connectivity index (χ1n) is 5.53. The van der Waals surface area contributed by atoms with E-state index in [9.17, 15) is 0 Å². The van der Waals surface area contributed by atoms with Gasteiger partial charge in [0, 0.05) is 22.7 Å². The summed E-state index contributed by atoms with van der Waals surface area (Å²) >= 11 is 1.67. The summed E-state index contributed by atoms with van der Waals surface area (Å²) in [5.41, 5.74) is 1.17. The highest BCUT2D eigenvalue weighted by Gasteiger charge is 2.00. The number of nitrogens with zero attached hydrogens (tertiary/aromatic N) is 1. The summed E-state index contributed by atoms with van der Waals surface area (Å²) in [6.45, 7) is 0.783. The van der Waals surface area contributed by atoms with Crippen molar-refractivity contribution < 1.29 is 0 Å². The van der Waals surface area contributed by atoms with E-state index < -0.39 is 0 Å². The number of rotatable bonds is 3. The van der Waals surface area contributed by atoms with Crippen molar-refractivity contribution in [1.29, 1.82) is 0 Å². The molecule has 0 fully saturated rings. The topological polar surface area (TPSA) is 24.9 Å². The van der Waals surface area contributed by atoms with Gasteiger partial charge in [0.05, 0.1) is 6.54 Å². The Hall–Kier alpha value is -1.87. The van der Waals surface area contributed by atoms with Crippen LogP contribution in [0, 0.1) is 0 Å². The van der Waals surface area contributed by atoms with Crippen LogP contribution >= 0.6 is 11.3 Å². The molecule has 3 heteroatoms. The van der Waals surface area contributed by atoms with E-state index in [1.54, 1.807) is 11.3 Å². The van der Waals surface area contributed by atoms with Crippen molar-refractivity contribution in [1.82, 2.24) is 4.98 Å². The Labute approximate surface area is 104 Å². The first-order valence-corrected chi connectivity index (χ1v) is 6.41. The van der Waals surface area contributed by atoms with Crippen molar-refractivity contribution >= 4 is 27.8 Å². The molecular weight excluding hydrogens is 228 g/mol. The zero-order valence-corrected chi connectivity index (χ0v) is 10.1. The number of thiazole rings is 1. The van der Waals surface area contributed by atoms with Gasteiger partial charge in [0.2, 0.25) is 0 Å². The number of anilines is 1. The Morgan fingerprint density at radius 2 is 1.94 bits per heavy atom. The van der Waals surface area contributed by atoms with E-state index in [0.717, 1.165) is 11.6 Å². The van der Waals surface area contributed by atoms with Crippen LogP contribution in [0.5, 0.6) is 0 Å². The quantitative estimate of drug-likeness (QED) is 0.750. The summed E-state index contributed by atoms with van der Waals surface area (Å²) in [7, 11) is 0. The van der Waals surface area contributed by atoms with Gasteiger partial charge in [-0.3, -0.25) is 0 Å². The maximum atomic E-state index is 4.27. The molecule has 2 aromatic carbocycles. The van der Waals surface area contributed by atoms with Gasteiger partial charge in [-0.05, 0) is 11.5 Å². The minimum Gasteiger partial charge on any atom is -0.378 e. The number of fused-ring (bicyclic) bond motifs is 1. The number of nitrogens with one attached hydrogen (secondary N) is 1. The van der Waals surface area contributed by atoms with E-state index in [0.29, 0.717) is 0 Å². The summed E-state index contributed by atoms with van der Waals surface area (Å²) in [4.78, 5) is 4.27. The van der Waals surface area contributed by atoms with Gasteiger partial charge in [-0.1, -0.05) is 36.4 Å². The lowest BCUT2D eigenvalue weighted by Crippen LogP contribution is -1.99. The Morgan fingerprint density at radius 3 is 2.82 bits per heavy atom. The van der Waals surface area contributed by atoms with E-state index in [-0.39, 0.29) is 0 Å². The van der Waals surface area contributed by atoms with Crippen LogP contribution in [-0.2, 0) is 6.54 Å². The van der Waals surface area contributed by atoms with Crippen LogP contribution in [0.25, 0.3) is 10.8 Å². The van der Waals surface area contributed by atoms with E-state index in [4.69, 9.17) is 0 Å². The SMILES string of the molecule is c1ccc2c(NCc3nccs3)cccc2c1. The average molecular weight is 240 g/mol. The lowest BCUT2D eigenvalue weighted by atomic mass is 10.1. The molecule has 17 heavy (non-hydrogen) atoms. The third-order valence-electron chi connectivity index (χ3n) is 2.70. The molecule has 0 spiro atoms. The van der Waals surface area contributed by atoms with Crippen molar-refractivity contribution in [2.75, 3.05) is 5.32 Å². The average Bonchev–Trinajstić information content (AvgIpc) is 2.89. The van der Waals surface area contributed by atoms with Crippen LogP contribution in [0.2, 0.25) is 0 Å². The number of benzene rings is 2. The summed E-state index contributed by atoms with van der Waals surface area (Å²) < 4.78 is 0. The highest BCUT2D eigenvalue weighted by molar-refractivity contribution is 7.09. The molecule has 3 aromatic rings. The fraction of sp³-hybridized carbons (Fsp3) is 0.0714. The van der Waals surface area contributed by atoms with Gasteiger partial charge in [0.15, 0.2) is 0 Å². The molecule has 2 nitrogen and oxygen atoms in total. The number of hydrogen-bond acceptors (Lipinski definition) is 3. The second-order valence-corrected chi connectivity index (χ2v) is 4.79. The second kappa shape index (κ2) is 4.55. The smallest absolute Gasteiger partial charge is 0.112 e. The largest absolute Gasteiger partial charge is 0.378 e. The van der Waals surface area contributed by atoms with Crippen LogP contribution in [0.1, 0.15) is 5.01 Å². The number of aromatic nitrogens is 1. The lowest BCUT2D eigenvalue weighted by molar-refractivity contribution is 1.11. The third kappa shape index (κ3) is 2.15. The standard InChI is InChI=1S/C14H12N2S/c1-2-6-12-11(4-1)5-3-7-13(12)16-10-14-15-8-9-17-14/h1-9,16H,10H2. The van der Waals surface area contributed by atoms with Gasteiger partial charge in [-0.15, -0.1) is 11.3 Å². The summed E-state index contributed by atoms with van der Waals surface area (Å²) in [6, 6.07) is 14.7. The predicted molar refractivity (Wildman–Crippen MR) is 73.4 cm³/mol. The minimum atomic E-state index is 0.783. The van der Waals surface area contributed by atoms with Gasteiger partial charge in [0.25, 0.3) is 0 Å². The molecule has 0 unspecified atom stereocenters. The molecular formula is C14H12N2S. The van der Waals surface area contributed by atoms with Gasteiger partial charge >= 0.3 is 0 Å². The third-order valence-corrected chi connectivity index (χ3v) is 3.48. The Bertz CT molecular complexity index is 612. The maximum Gasteiger partial charge on any atom is 0.112 e. The summed E-state index contributed by atoms with van der Waals surface area (Å²) in [5, 5.41) is 9.06. The highest BCUT2D eigenvalue weighted by atomic mass is 32.1. The Balaban J connectivity index is 1.90. The van der Waals surface area contributed by atoms with Gasteiger partial charge in [-0.25, -0.2) is 4.98 Å². The monoisotopic (exact) mass is 240 g/mol. The molecule has 0 bridgehead atoms. The Morgan fingerprint density at radius 1 is 1.06 bits per heavy atom. The van der Waals surface area contributed by atoms with E-state index in [1.807, 2.05) is 11.6 Å². The van der Waals surface area contributed by atoms with E-state index >= 15 is 0 Å². The molecule has 1 heterocycles.